The number of nitrogens with zero attached hydrogens (tertiary/aromatic N) is 7. The number of nitrogens with one attached hydrogen (secondary N) is 2. The molecule has 6 aromatic rings. The first-order valence-corrected chi connectivity index (χ1v) is 26.1. The second kappa shape index (κ2) is 20.8. The van der Waals surface area contributed by atoms with Gasteiger partial charge in [0.05, 0.1) is 24.3 Å². The van der Waals surface area contributed by atoms with E-state index in [-0.39, 0.29) is 67.1 Å². The van der Waals surface area contributed by atoms with Gasteiger partial charge in [0, 0.05) is 64.1 Å². The molecule has 3 aromatic carbocycles. The molecule has 0 bridgehead atoms. The van der Waals surface area contributed by atoms with Gasteiger partial charge in [-0.3, -0.25) is 23.9 Å². The molecule has 0 radical (unpaired) electrons. The molecule has 1 unspecified atom stereocenters. The number of aryl methyl sites for hydroxylation is 3. The number of amides is 2. The van der Waals surface area contributed by atoms with Crippen LogP contribution in [0.1, 0.15) is 129 Å². The van der Waals surface area contributed by atoms with E-state index in [0.29, 0.717) is 41.2 Å². The van der Waals surface area contributed by atoms with E-state index in [1.165, 1.54) is 4.88 Å². The molecule has 15 nitrogen and oxygen atoms in total. The molecule has 1 aliphatic carbocycles. The fourth-order valence-corrected chi connectivity index (χ4v) is 11.6. The minimum atomic E-state index is -0.816. The zero-order chi connectivity index (χ0) is 51.2. The van der Waals surface area contributed by atoms with E-state index in [9.17, 15) is 19.5 Å². The van der Waals surface area contributed by atoms with E-state index in [2.05, 4.69) is 56.3 Å². The van der Waals surface area contributed by atoms with E-state index in [1.54, 1.807) is 23.2 Å². The fourth-order valence-electron chi connectivity index (χ4n) is 10.3. The van der Waals surface area contributed by atoms with Gasteiger partial charge in [0.15, 0.2) is 11.6 Å². The molecule has 1 saturated heterocycles. The van der Waals surface area contributed by atoms with Gasteiger partial charge in [-0.15, -0.1) is 21.5 Å². The number of ketones is 1. The summed E-state index contributed by atoms with van der Waals surface area (Å²) in [5.74, 6) is 2.98. The third-order valence-electron chi connectivity index (χ3n) is 14.4. The summed E-state index contributed by atoms with van der Waals surface area (Å²) in [5, 5.41) is 32.1. The van der Waals surface area contributed by atoms with Crippen molar-refractivity contribution >= 4 is 46.2 Å². The lowest BCUT2D eigenvalue weighted by molar-refractivity contribution is -0.140. The lowest BCUT2D eigenvalue weighted by Crippen LogP contribution is -2.58. The number of β-amino-alcohol motifs (C(OH)–C–C–N with tert-alkyl or cyclic N) is 1. The molecule has 1 saturated carbocycles. The summed E-state index contributed by atoms with van der Waals surface area (Å²) in [6, 6.07) is 21.3. The number of carbonyl (C=O) groups excluding carboxylic acids is 3. The number of hydrogen-bond donors (Lipinski definition) is 3. The molecule has 0 spiro atoms. The number of aliphatic imine (C=N–C) groups is 1. The molecule has 5 heterocycles. The van der Waals surface area contributed by atoms with Crippen molar-refractivity contribution in [1.82, 2.24) is 40.4 Å². The monoisotopic (exact) mass is 1010 g/mol. The summed E-state index contributed by atoms with van der Waals surface area (Å²) in [4.78, 5) is 54.4. The van der Waals surface area contributed by atoms with Crippen LogP contribution in [0, 0.1) is 39.0 Å². The second-order valence-corrected chi connectivity index (χ2v) is 22.6. The molecular weight excluding hydrogens is 950 g/mol. The molecule has 3 N–H and O–H groups in total. The lowest BCUT2D eigenvalue weighted by atomic mass is 9.78. The summed E-state index contributed by atoms with van der Waals surface area (Å²) < 4.78 is 13.7. The van der Waals surface area contributed by atoms with Crippen LogP contribution in [-0.4, -0.2) is 95.1 Å². The molecule has 17 heteroatoms. The van der Waals surface area contributed by atoms with Gasteiger partial charge in [0.1, 0.15) is 34.4 Å². The summed E-state index contributed by atoms with van der Waals surface area (Å²) >= 11 is 7.97. The molecule has 378 valence electrons. The smallest absolute Gasteiger partial charge is 0.257 e. The van der Waals surface area contributed by atoms with Crippen LogP contribution in [0.4, 0.5) is 0 Å². The zero-order valence-corrected chi connectivity index (χ0v) is 44.0. The van der Waals surface area contributed by atoms with Gasteiger partial charge in [-0.1, -0.05) is 73.9 Å². The third kappa shape index (κ3) is 11.0. The highest BCUT2D eigenvalue weighted by Crippen LogP contribution is 2.41. The Hall–Kier alpha value is -6.07. The van der Waals surface area contributed by atoms with Crippen molar-refractivity contribution < 1.29 is 28.8 Å². The van der Waals surface area contributed by atoms with Gasteiger partial charge in [0.2, 0.25) is 11.8 Å². The number of rotatable bonds is 16. The minimum absolute atomic E-state index is 0.0236. The number of thiophene rings is 1. The average Bonchev–Trinajstić information content (AvgIpc) is 4.10. The molecule has 3 aromatic heterocycles. The van der Waals surface area contributed by atoms with Crippen LogP contribution < -0.4 is 15.4 Å². The second-order valence-electron chi connectivity index (χ2n) is 21.0. The summed E-state index contributed by atoms with van der Waals surface area (Å²) in [5.41, 5.74) is 6.00. The van der Waals surface area contributed by atoms with E-state index < -0.39 is 23.6 Å². The van der Waals surface area contributed by atoms with Gasteiger partial charge < -0.3 is 29.9 Å². The minimum Gasteiger partial charge on any atom is -0.490 e. The molecular formula is C55H64ClN9O6S. The van der Waals surface area contributed by atoms with E-state index in [0.717, 1.165) is 62.8 Å². The molecule has 3 aliphatic rings. The highest BCUT2D eigenvalue weighted by Gasteiger charge is 2.44. The van der Waals surface area contributed by atoms with Crippen molar-refractivity contribution in [3.05, 3.63) is 128 Å². The first-order valence-electron chi connectivity index (χ1n) is 24.9. The number of Topliss-reactive ketones (excluding diaryl/α,β-unsaturated/α-hetero) is 1. The Morgan fingerprint density at radius 1 is 0.917 bits per heavy atom. The first kappa shape index (κ1) is 50.9. The van der Waals surface area contributed by atoms with Crippen LogP contribution in [0.25, 0.3) is 16.5 Å². The number of aliphatic hydroxyl groups excluding tert-OH is 1. The van der Waals surface area contributed by atoms with Gasteiger partial charge in [-0.05, 0) is 125 Å². The van der Waals surface area contributed by atoms with Crippen molar-refractivity contribution in [2.75, 3.05) is 6.54 Å². The van der Waals surface area contributed by atoms with Crippen molar-refractivity contribution in [3.8, 4) is 22.2 Å². The maximum Gasteiger partial charge on any atom is 0.257 e. The SMILES string of the molecule is Cc1noc(-c2ccc([C@H](C)NC(C)[C@@H]3C[C@@H](O)CN3C(=O)[C@@H](NC(=O)Cc3ccc(OC4CC(CC(=O)C[C@@H]5N=C(c6ccc(Cl)cc6)c6c(sc(C)c6C)-n6c(C)nnc65)C4)cc3)C(C)(C)C)cc2)n1. The van der Waals surface area contributed by atoms with Crippen molar-refractivity contribution in [1.29, 1.82) is 0 Å². The number of hydrogen-bond acceptors (Lipinski definition) is 13. The lowest BCUT2D eigenvalue weighted by Gasteiger charge is -2.38. The zero-order valence-electron chi connectivity index (χ0n) is 42.4. The van der Waals surface area contributed by atoms with Crippen molar-refractivity contribution in [3.63, 3.8) is 0 Å². The number of halogens is 1. The largest absolute Gasteiger partial charge is 0.490 e. The topological polar surface area (TPSA) is 190 Å². The number of fused-ring (bicyclic) bond motifs is 3. The molecule has 72 heavy (non-hydrogen) atoms. The first-order chi connectivity index (χ1) is 34.3. The number of likely N-dealkylation sites (tertiary alicyclic amines) is 1. The number of benzene rings is 3. The molecule has 2 amide bonds. The van der Waals surface area contributed by atoms with Crippen LogP contribution in [0.2, 0.25) is 5.02 Å². The van der Waals surface area contributed by atoms with Crippen molar-refractivity contribution in [2.24, 2.45) is 16.3 Å². The average molecular weight is 1010 g/mol. The van der Waals surface area contributed by atoms with Crippen LogP contribution in [0.15, 0.2) is 82.3 Å². The standard InChI is InChI=1S/C55H64ClN9O6S/c1-29-32(4)72-54-48(29)49(38-16-18-40(56)19-17-38)59-45(51-62-61-34(6)65(51)54)26-41(66)22-36-23-44(24-36)70-43-20-10-35(11-21-43)25-47(68)60-50(55(7,8)9)53(69)64-28-42(67)27-46(64)31(3)57-30(2)37-12-14-39(15-13-37)52-58-33(5)63-71-52/h10-21,30-31,36,42,44-46,50,57,67H,22-28H2,1-9H3,(H,60,68)/t30-,31?,36?,42+,44?,45-,46-,50+/m0/s1. The Kier molecular flexibility index (Phi) is 14.7. The Morgan fingerprint density at radius 2 is 1.61 bits per heavy atom. The quantitative estimate of drug-likeness (QED) is 0.0839. The van der Waals surface area contributed by atoms with Gasteiger partial charge in [-0.25, -0.2) is 0 Å². The number of carbonyl (C=O) groups is 3. The Labute approximate surface area is 429 Å². The number of aromatic nitrogens is 5. The van der Waals surface area contributed by atoms with Gasteiger partial charge in [0.25, 0.3) is 5.89 Å². The molecule has 2 aliphatic heterocycles. The Balaban J connectivity index is 0.767. The fraction of sp³-hybridized carbons (Fsp3) is 0.455. The highest BCUT2D eigenvalue weighted by atomic mass is 35.5. The maximum atomic E-state index is 14.4. The summed E-state index contributed by atoms with van der Waals surface area (Å²) in [6.45, 7) is 18.0. The Morgan fingerprint density at radius 3 is 2.28 bits per heavy atom. The normalized spacial score (nSPS) is 20.9. The van der Waals surface area contributed by atoms with Crippen LogP contribution >= 0.6 is 22.9 Å². The number of ether oxygens (including phenoxy) is 1. The van der Waals surface area contributed by atoms with E-state index in [4.69, 9.17) is 25.9 Å². The van der Waals surface area contributed by atoms with E-state index in [1.807, 2.05) is 107 Å². The molecule has 6 atom stereocenters. The predicted octanol–water partition coefficient (Wildman–Crippen LogP) is 9.14. The predicted molar refractivity (Wildman–Crippen MR) is 278 cm³/mol. The van der Waals surface area contributed by atoms with Crippen LogP contribution in [-0.2, 0) is 20.8 Å². The number of aliphatic hydroxyl groups is 1. The van der Waals surface area contributed by atoms with Gasteiger partial charge >= 0.3 is 0 Å². The maximum absolute atomic E-state index is 14.4. The summed E-state index contributed by atoms with van der Waals surface area (Å²) in [7, 11) is 0. The molecule has 9 rings (SSSR count). The molecule has 2 fully saturated rings. The van der Waals surface area contributed by atoms with Crippen molar-refractivity contribution in [2.45, 2.75) is 143 Å². The van der Waals surface area contributed by atoms with Crippen LogP contribution in [0.3, 0.4) is 0 Å². The summed E-state index contributed by atoms with van der Waals surface area (Å²) in [6.07, 6.45) is 1.95. The third-order valence-corrected chi connectivity index (χ3v) is 15.8. The van der Waals surface area contributed by atoms with Gasteiger partial charge in [-0.2, -0.15) is 4.98 Å². The van der Waals surface area contributed by atoms with E-state index >= 15 is 0 Å². The Bertz CT molecular complexity index is 2970. The van der Waals surface area contributed by atoms with Crippen LogP contribution in [0.5, 0.6) is 5.75 Å². The highest BCUT2D eigenvalue weighted by molar-refractivity contribution is 7.15.